The van der Waals surface area contributed by atoms with Crippen LogP contribution in [0.15, 0.2) is 11.1 Å². The second kappa shape index (κ2) is 8.70. The summed E-state index contributed by atoms with van der Waals surface area (Å²) in [7, 11) is 0. The quantitative estimate of drug-likeness (QED) is 0.389. The number of hydrogen-bond acceptors (Lipinski definition) is 8. The molecule has 0 amide bonds. The summed E-state index contributed by atoms with van der Waals surface area (Å²) >= 11 is 0. The van der Waals surface area contributed by atoms with Crippen LogP contribution in [0.5, 0.6) is 0 Å². The van der Waals surface area contributed by atoms with Crippen LogP contribution in [0.4, 0.5) is 0 Å². The first-order valence-electron chi connectivity index (χ1n) is 13.6. The fraction of sp³-hybridized carbons (Fsp3) is 0.793. The van der Waals surface area contributed by atoms with E-state index in [4.69, 9.17) is 4.74 Å². The van der Waals surface area contributed by atoms with Crippen LogP contribution in [0.2, 0.25) is 0 Å². The van der Waals surface area contributed by atoms with E-state index < -0.39 is 69.2 Å². The molecule has 0 aromatic rings. The molecule has 38 heavy (non-hydrogen) atoms. The Morgan fingerprint density at radius 3 is 2.26 bits per heavy atom. The molecule has 2 fully saturated rings. The summed E-state index contributed by atoms with van der Waals surface area (Å²) in [4.78, 5) is 52.3. The van der Waals surface area contributed by atoms with Crippen molar-refractivity contribution in [3.8, 4) is 0 Å². The number of aliphatic hydroxyl groups is 3. The summed E-state index contributed by atoms with van der Waals surface area (Å²) in [5.74, 6) is -3.76. The van der Waals surface area contributed by atoms with Crippen molar-refractivity contribution in [1.29, 1.82) is 0 Å². The van der Waals surface area contributed by atoms with Gasteiger partial charge in [0.1, 0.15) is 5.78 Å². The van der Waals surface area contributed by atoms with E-state index in [9.17, 15) is 39.6 Å². The van der Waals surface area contributed by atoms with Gasteiger partial charge in [0.25, 0.3) is 0 Å². The zero-order chi connectivity index (χ0) is 28.8. The summed E-state index contributed by atoms with van der Waals surface area (Å²) in [6.45, 7) is 11.8. The molecule has 9 nitrogen and oxygen atoms in total. The molecule has 9 unspecified atom stereocenters. The van der Waals surface area contributed by atoms with Gasteiger partial charge in [0.15, 0.2) is 6.10 Å². The summed E-state index contributed by atoms with van der Waals surface area (Å²) in [6.07, 6.45) is -2.68. The fourth-order valence-corrected chi connectivity index (χ4v) is 8.99. The van der Waals surface area contributed by atoms with E-state index in [1.165, 1.54) is 13.8 Å². The minimum Gasteiger partial charge on any atom is -0.481 e. The lowest BCUT2D eigenvalue weighted by molar-refractivity contribution is -0.186. The van der Waals surface area contributed by atoms with E-state index in [-0.39, 0.29) is 37.4 Å². The van der Waals surface area contributed by atoms with Gasteiger partial charge in [-0.1, -0.05) is 27.7 Å². The van der Waals surface area contributed by atoms with E-state index >= 15 is 0 Å². The molecule has 2 saturated carbocycles. The highest BCUT2D eigenvalue weighted by molar-refractivity contribution is 6.08. The first-order chi connectivity index (χ1) is 17.3. The minimum absolute atomic E-state index is 0.154. The average Bonchev–Trinajstić information content (AvgIpc) is 3.02. The largest absolute Gasteiger partial charge is 0.481 e. The third-order valence-corrected chi connectivity index (χ3v) is 11.3. The van der Waals surface area contributed by atoms with Crippen molar-refractivity contribution in [2.45, 2.75) is 111 Å². The van der Waals surface area contributed by atoms with Crippen LogP contribution in [0, 0.1) is 33.5 Å². The number of ether oxygens (including phenoxy) is 1. The number of rotatable bonds is 5. The Kier molecular flexibility index (Phi) is 6.62. The van der Waals surface area contributed by atoms with Gasteiger partial charge in [-0.2, -0.15) is 0 Å². The van der Waals surface area contributed by atoms with E-state index in [1.807, 2.05) is 20.8 Å². The summed E-state index contributed by atoms with van der Waals surface area (Å²) in [5.41, 5.74) is -5.29. The van der Waals surface area contributed by atoms with Crippen LogP contribution < -0.4 is 0 Å². The number of carbonyl (C=O) groups is 4. The van der Waals surface area contributed by atoms with E-state index in [0.29, 0.717) is 24.0 Å². The molecule has 0 radical (unpaired) electrons. The molecule has 4 rings (SSSR count). The first kappa shape index (κ1) is 28.9. The predicted octanol–water partition coefficient (Wildman–Crippen LogP) is 2.58. The molecule has 4 N–H and O–H groups in total. The number of Topliss-reactive ketones (excluding diaryl/α,β-unsaturated/α-hetero) is 2. The minimum atomic E-state index is -1.67. The van der Waals surface area contributed by atoms with Gasteiger partial charge < -0.3 is 25.2 Å². The number of aliphatic carboxylic acids is 1. The van der Waals surface area contributed by atoms with Crippen LogP contribution in [-0.2, 0) is 23.9 Å². The maximum Gasteiger partial charge on any atom is 0.303 e. The highest BCUT2D eigenvalue weighted by Gasteiger charge is 2.75. The van der Waals surface area contributed by atoms with Gasteiger partial charge in [-0.15, -0.1) is 0 Å². The van der Waals surface area contributed by atoms with Crippen molar-refractivity contribution < 1.29 is 44.3 Å². The topological polar surface area (TPSA) is 158 Å². The van der Waals surface area contributed by atoms with Crippen LogP contribution in [0.1, 0.15) is 87.0 Å². The molecule has 0 aromatic heterocycles. The van der Waals surface area contributed by atoms with Crippen LogP contribution >= 0.6 is 0 Å². The second-order valence-electron chi connectivity index (χ2n) is 13.6. The van der Waals surface area contributed by atoms with Crippen LogP contribution in [0.25, 0.3) is 0 Å². The second-order valence-corrected chi connectivity index (χ2v) is 13.6. The number of aliphatic hydroxyl groups excluding tert-OH is 2. The molecule has 0 saturated heterocycles. The third kappa shape index (κ3) is 3.60. The van der Waals surface area contributed by atoms with Gasteiger partial charge in [-0.05, 0) is 61.9 Å². The molecule has 212 valence electrons. The standard InChI is InChI=1S/C29H42O9/c1-14(30)38-24-23(36)22-21(15(31)12-16-25(2,3)18(32)8-10-26(16,22)4)29(7)19(33)13-17(28(24,29)6)27(5,37)11-9-20(34)35/h15-18,24,31-32,37H,8-13H2,1-7H3,(H,34,35). The Morgan fingerprint density at radius 2 is 1.71 bits per heavy atom. The molecule has 0 spiro atoms. The van der Waals surface area contributed by atoms with Crippen LogP contribution in [0.3, 0.4) is 0 Å². The molecule has 0 bridgehead atoms. The number of ketones is 2. The van der Waals surface area contributed by atoms with Gasteiger partial charge in [-0.25, -0.2) is 0 Å². The van der Waals surface area contributed by atoms with Gasteiger partial charge in [0.05, 0.1) is 23.2 Å². The number of hydrogen-bond donors (Lipinski definition) is 4. The van der Waals surface area contributed by atoms with E-state index in [2.05, 4.69) is 0 Å². The predicted molar refractivity (Wildman–Crippen MR) is 136 cm³/mol. The Bertz CT molecular complexity index is 1120. The zero-order valence-corrected chi connectivity index (χ0v) is 23.5. The maximum atomic E-state index is 14.5. The zero-order valence-electron chi connectivity index (χ0n) is 23.5. The maximum absolute atomic E-state index is 14.5. The lowest BCUT2D eigenvalue weighted by Gasteiger charge is -2.63. The molecular formula is C29H42O9. The van der Waals surface area contributed by atoms with Crippen molar-refractivity contribution in [1.82, 2.24) is 0 Å². The van der Waals surface area contributed by atoms with Gasteiger partial charge >= 0.3 is 11.9 Å². The first-order valence-corrected chi connectivity index (χ1v) is 13.6. The number of fused-ring (bicyclic) bond motifs is 4. The Morgan fingerprint density at radius 1 is 1.11 bits per heavy atom. The molecule has 0 heterocycles. The third-order valence-electron chi connectivity index (χ3n) is 11.3. The number of carboxylic acids is 1. The van der Waals surface area contributed by atoms with Gasteiger partial charge in [-0.3, -0.25) is 19.2 Å². The van der Waals surface area contributed by atoms with Crippen molar-refractivity contribution in [2.24, 2.45) is 33.5 Å². The monoisotopic (exact) mass is 534 g/mol. The van der Waals surface area contributed by atoms with E-state index in [0.717, 1.165) is 0 Å². The van der Waals surface area contributed by atoms with Crippen molar-refractivity contribution in [3.63, 3.8) is 0 Å². The summed E-state index contributed by atoms with van der Waals surface area (Å²) in [5, 5.41) is 43.3. The SMILES string of the molecule is CC(=O)OC1C(=O)C2=C(C(O)CC3C2(C)CCC(O)C3(C)C)C2(C)C(=O)CC(C(C)(O)CCC(=O)O)C12C. The lowest BCUT2D eigenvalue weighted by atomic mass is 9.41. The Hall–Kier alpha value is -2.10. The summed E-state index contributed by atoms with van der Waals surface area (Å²) < 4.78 is 5.73. The molecule has 9 heteroatoms. The lowest BCUT2D eigenvalue weighted by Crippen LogP contribution is -2.66. The molecule has 0 aromatic carbocycles. The van der Waals surface area contributed by atoms with Crippen LogP contribution in [-0.4, -0.2) is 67.8 Å². The highest BCUT2D eigenvalue weighted by Crippen LogP contribution is 2.71. The number of carbonyl (C=O) groups excluding carboxylic acids is 3. The molecule has 0 aliphatic heterocycles. The van der Waals surface area contributed by atoms with Gasteiger partial charge in [0, 0.05) is 36.7 Å². The van der Waals surface area contributed by atoms with Crippen molar-refractivity contribution >= 4 is 23.5 Å². The Labute approximate surface area is 223 Å². The van der Waals surface area contributed by atoms with Gasteiger partial charge in [0.2, 0.25) is 5.78 Å². The fourth-order valence-electron chi connectivity index (χ4n) is 8.99. The van der Waals surface area contributed by atoms with E-state index in [1.54, 1.807) is 13.8 Å². The highest BCUT2D eigenvalue weighted by atomic mass is 16.5. The number of carboxylic acid groups (broad SMARTS) is 1. The Balaban J connectivity index is 1.99. The number of esters is 1. The molecular weight excluding hydrogens is 492 g/mol. The van der Waals surface area contributed by atoms with Crippen molar-refractivity contribution in [3.05, 3.63) is 11.1 Å². The molecule has 4 aliphatic rings. The smallest absolute Gasteiger partial charge is 0.303 e. The van der Waals surface area contributed by atoms with Crippen molar-refractivity contribution in [2.75, 3.05) is 0 Å². The summed E-state index contributed by atoms with van der Waals surface area (Å²) in [6, 6.07) is 0. The molecule has 4 aliphatic carbocycles. The normalized spacial score (nSPS) is 43.6. The average molecular weight is 535 g/mol. The molecule has 9 atom stereocenters.